The standard InChI is InChI=1S/C45H84O15/c1-3-5-7-9-11-13-15-16-18-19-21-23-25-27-36(47)55-30-33(58-37(48)28-26-24-22-20-17-14-12-10-8-6-4-2)31-56-44-43(54)41(52)39(50)35(60-44)32-57-45-42(53)40(51)38(49)34(29-46)59-45/h33-35,38-46,49-54H,3-32H2,1-2H3. The highest BCUT2D eigenvalue weighted by atomic mass is 16.7. The summed E-state index contributed by atoms with van der Waals surface area (Å²) in [6.07, 6.45) is 11.4. The molecule has 0 aromatic rings. The van der Waals surface area contributed by atoms with Gasteiger partial charge in [-0.15, -0.1) is 0 Å². The number of rotatable bonds is 36. The van der Waals surface area contributed by atoms with Gasteiger partial charge >= 0.3 is 11.9 Å². The summed E-state index contributed by atoms with van der Waals surface area (Å²) in [4.78, 5) is 25.6. The zero-order chi connectivity index (χ0) is 44.0. The molecule has 354 valence electrons. The van der Waals surface area contributed by atoms with Crippen molar-refractivity contribution < 1.29 is 73.8 Å². The number of hydrogen-bond acceptors (Lipinski definition) is 15. The first-order valence-corrected chi connectivity index (χ1v) is 23.6. The Morgan fingerprint density at radius 3 is 1.30 bits per heavy atom. The van der Waals surface area contributed by atoms with Gasteiger partial charge in [-0.25, -0.2) is 0 Å². The number of hydrogen-bond donors (Lipinski definition) is 7. The number of ether oxygens (including phenoxy) is 6. The maximum atomic E-state index is 12.9. The van der Waals surface area contributed by atoms with Crippen molar-refractivity contribution in [3.8, 4) is 0 Å². The molecule has 2 rings (SSSR count). The minimum absolute atomic E-state index is 0.172. The Morgan fingerprint density at radius 1 is 0.467 bits per heavy atom. The molecule has 0 aromatic carbocycles. The summed E-state index contributed by atoms with van der Waals surface area (Å²) in [5.41, 5.74) is 0. The zero-order valence-electron chi connectivity index (χ0n) is 37.0. The van der Waals surface area contributed by atoms with Gasteiger partial charge in [-0.05, 0) is 12.8 Å². The molecule has 2 saturated heterocycles. The van der Waals surface area contributed by atoms with Gasteiger partial charge in [0.1, 0.15) is 55.4 Å². The van der Waals surface area contributed by atoms with Crippen molar-refractivity contribution >= 4 is 11.9 Å². The molecule has 60 heavy (non-hydrogen) atoms. The molecule has 2 aliphatic heterocycles. The van der Waals surface area contributed by atoms with E-state index in [0.29, 0.717) is 12.8 Å². The molecule has 0 saturated carbocycles. The molecule has 2 aliphatic rings. The minimum Gasteiger partial charge on any atom is -0.462 e. The third-order valence-electron chi connectivity index (χ3n) is 11.6. The van der Waals surface area contributed by atoms with Gasteiger partial charge in [0, 0.05) is 12.8 Å². The van der Waals surface area contributed by atoms with E-state index >= 15 is 0 Å². The van der Waals surface area contributed by atoms with E-state index < -0.39 is 92.7 Å². The molecule has 7 N–H and O–H groups in total. The molecule has 0 radical (unpaired) electrons. The van der Waals surface area contributed by atoms with Gasteiger partial charge in [0.15, 0.2) is 18.7 Å². The second-order valence-electron chi connectivity index (χ2n) is 17.0. The number of carbonyl (C=O) groups excluding carboxylic acids is 2. The maximum absolute atomic E-state index is 12.9. The van der Waals surface area contributed by atoms with Crippen molar-refractivity contribution in [1.82, 2.24) is 0 Å². The van der Waals surface area contributed by atoms with Crippen molar-refractivity contribution in [2.75, 3.05) is 26.4 Å². The Labute approximate surface area is 359 Å². The lowest BCUT2D eigenvalue weighted by Gasteiger charge is -2.42. The maximum Gasteiger partial charge on any atom is 0.306 e. The van der Waals surface area contributed by atoms with E-state index in [4.69, 9.17) is 28.4 Å². The predicted molar refractivity (Wildman–Crippen MR) is 225 cm³/mol. The van der Waals surface area contributed by atoms with Crippen LogP contribution in [0.2, 0.25) is 0 Å². The topological polar surface area (TPSA) is 231 Å². The highest BCUT2D eigenvalue weighted by molar-refractivity contribution is 5.70. The average Bonchev–Trinajstić information content (AvgIpc) is 3.24. The molecule has 0 spiro atoms. The number of aliphatic hydroxyl groups is 7. The fraction of sp³-hybridized carbons (Fsp3) is 0.956. The van der Waals surface area contributed by atoms with Gasteiger partial charge in [-0.3, -0.25) is 9.59 Å². The summed E-state index contributed by atoms with van der Waals surface area (Å²) >= 11 is 0. The van der Waals surface area contributed by atoms with Gasteiger partial charge < -0.3 is 64.2 Å². The quantitative estimate of drug-likeness (QED) is 0.0315. The van der Waals surface area contributed by atoms with Crippen LogP contribution >= 0.6 is 0 Å². The van der Waals surface area contributed by atoms with E-state index in [1.807, 2.05) is 0 Å². The molecule has 15 nitrogen and oxygen atoms in total. The average molecular weight is 865 g/mol. The fourth-order valence-corrected chi connectivity index (χ4v) is 7.63. The van der Waals surface area contributed by atoms with Crippen LogP contribution in [0.1, 0.15) is 181 Å². The van der Waals surface area contributed by atoms with E-state index in [-0.39, 0.29) is 26.1 Å². The van der Waals surface area contributed by atoms with Gasteiger partial charge in [-0.1, -0.05) is 155 Å². The first-order chi connectivity index (χ1) is 29.0. The van der Waals surface area contributed by atoms with Crippen molar-refractivity contribution in [3.63, 3.8) is 0 Å². The van der Waals surface area contributed by atoms with Crippen LogP contribution in [0.3, 0.4) is 0 Å². The normalized spacial score (nSPS) is 27.5. The molecule has 11 unspecified atom stereocenters. The van der Waals surface area contributed by atoms with Gasteiger partial charge in [0.25, 0.3) is 0 Å². The van der Waals surface area contributed by atoms with Crippen LogP contribution in [0.5, 0.6) is 0 Å². The zero-order valence-corrected chi connectivity index (χ0v) is 37.0. The first kappa shape index (κ1) is 54.6. The van der Waals surface area contributed by atoms with Gasteiger partial charge in [0.2, 0.25) is 0 Å². The Hall–Kier alpha value is -1.50. The largest absolute Gasteiger partial charge is 0.462 e. The van der Waals surface area contributed by atoms with Gasteiger partial charge in [-0.2, -0.15) is 0 Å². The second kappa shape index (κ2) is 34.0. The van der Waals surface area contributed by atoms with E-state index in [2.05, 4.69) is 13.8 Å². The Balaban J connectivity index is 1.84. The van der Waals surface area contributed by atoms with Crippen molar-refractivity contribution in [2.24, 2.45) is 0 Å². The van der Waals surface area contributed by atoms with Gasteiger partial charge in [0.05, 0.1) is 19.8 Å². The van der Waals surface area contributed by atoms with Crippen LogP contribution in [0.25, 0.3) is 0 Å². The Bertz CT molecular complexity index is 1070. The highest BCUT2D eigenvalue weighted by Gasteiger charge is 2.47. The van der Waals surface area contributed by atoms with E-state index in [1.54, 1.807) is 0 Å². The highest BCUT2D eigenvalue weighted by Crippen LogP contribution is 2.26. The molecule has 0 bridgehead atoms. The summed E-state index contributed by atoms with van der Waals surface area (Å²) in [5.74, 6) is -0.916. The lowest BCUT2D eigenvalue weighted by Crippen LogP contribution is -2.61. The lowest BCUT2D eigenvalue weighted by molar-refractivity contribution is -0.332. The molecule has 0 aromatic heterocycles. The predicted octanol–water partition coefficient (Wildman–Crippen LogP) is 5.26. The van der Waals surface area contributed by atoms with E-state index in [9.17, 15) is 45.3 Å². The summed E-state index contributed by atoms with van der Waals surface area (Å²) in [7, 11) is 0. The number of carbonyl (C=O) groups is 2. The second-order valence-corrected chi connectivity index (χ2v) is 17.0. The van der Waals surface area contributed by atoms with Crippen molar-refractivity contribution in [2.45, 2.75) is 248 Å². The monoisotopic (exact) mass is 865 g/mol. The lowest BCUT2D eigenvalue weighted by atomic mass is 9.98. The smallest absolute Gasteiger partial charge is 0.306 e. The SMILES string of the molecule is CCCCCCCCCCCCCCCC(=O)OCC(COC1OC(COC2OC(CO)C(O)C(O)C2O)C(O)C(O)C1O)OC(=O)CCCCCCCCCCCCC. The summed E-state index contributed by atoms with van der Waals surface area (Å²) < 4.78 is 33.5. The number of aliphatic hydroxyl groups excluding tert-OH is 7. The molecular formula is C45H84O15. The molecule has 0 aliphatic carbocycles. The minimum atomic E-state index is -1.76. The third-order valence-corrected chi connectivity index (χ3v) is 11.6. The molecule has 2 heterocycles. The van der Waals surface area contributed by atoms with Crippen molar-refractivity contribution in [3.05, 3.63) is 0 Å². The molecule has 2 fully saturated rings. The molecular weight excluding hydrogens is 780 g/mol. The Morgan fingerprint density at radius 2 is 0.850 bits per heavy atom. The third kappa shape index (κ3) is 22.7. The van der Waals surface area contributed by atoms with Crippen LogP contribution in [0, 0.1) is 0 Å². The molecule has 11 atom stereocenters. The van der Waals surface area contributed by atoms with E-state index in [1.165, 1.54) is 103 Å². The molecule has 15 heteroatoms. The van der Waals surface area contributed by atoms with Crippen LogP contribution < -0.4 is 0 Å². The number of esters is 2. The first-order valence-electron chi connectivity index (χ1n) is 23.6. The summed E-state index contributed by atoms with van der Waals surface area (Å²) in [6, 6.07) is 0. The van der Waals surface area contributed by atoms with Crippen LogP contribution in [-0.4, -0.2) is 142 Å². The van der Waals surface area contributed by atoms with Crippen LogP contribution in [0.15, 0.2) is 0 Å². The van der Waals surface area contributed by atoms with Crippen molar-refractivity contribution in [1.29, 1.82) is 0 Å². The summed E-state index contributed by atoms with van der Waals surface area (Å²) in [6.45, 7) is 2.58. The summed E-state index contributed by atoms with van der Waals surface area (Å²) in [5, 5.41) is 71.8. The Kier molecular flexibility index (Phi) is 30.9. The fourth-order valence-electron chi connectivity index (χ4n) is 7.63. The van der Waals surface area contributed by atoms with E-state index in [0.717, 1.165) is 38.5 Å². The number of unbranched alkanes of at least 4 members (excludes halogenated alkanes) is 22. The molecule has 0 amide bonds. The van der Waals surface area contributed by atoms with Crippen LogP contribution in [0.4, 0.5) is 0 Å². The van der Waals surface area contributed by atoms with Crippen LogP contribution in [-0.2, 0) is 38.0 Å².